The van der Waals surface area contributed by atoms with Crippen LogP contribution in [0.3, 0.4) is 0 Å². The minimum absolute atomic E-state index is 0.0446. The second-order valence-electron chi connectivity index (χ2n) is 3.98. The van der Waals surface area contributed by atoms with Gasteiger partial charge in [0.2, 0.25) is 10.0 Å². The SMILES string of the molecule is CCC(C)N(C)S(=O)(=O)c1c(Cl)cc(Br)cc1Cl. The number of benzene rings is 1. The van der Waals surface area contributed by atoms with Crippen molar-refractivity contribution in [2.75, 3.05) is 7.05 Å². The summed E-state index contributed by atoms with van der Waals surface area (Å²) in [4.78, 5) is -0.0446. The van der Waals surface area contributed by atoms with Gasteiger partial charge in [-0.25, -0.2) is 8.42 Å². The van der Waals surface area contributed by atoms with Gasteiger partial charge in [-0.2, -0.15) is 4.31 Å². The van der Waals surface area contributed by atoms with Gasteiger partial charge in [0.1, 0.15) is 4.90 Å². The monoisotopic (exact) mass is 373 g/mol. The largest absolute Gasteiger partial charge is 0.246 e. The van der Waals surface area contributed by atoms with Crippen molar-refractivity contribution in [3.8, 4) is 0 Å². The molecule has 0 amide bonds. The predicted molar refractivity (Wildman–Crippen MR) is 78.9 cm³/mol. The fourth-order valence-corrected chi connectivity index (χ4v) is 4.73. The van der Waals surface area contributed by atoms with Gasteiger partial charge in [0.15, 0.2) is 0 Å². The molecule has 1 rings (SSSR count). The third-order valence-electron chi connectivity index (χ3n) is 2.81. The van der Waals surface area contributed by atoms with Crippen LogP contribution in [0.15, 0.2) is 21.5 Å². The van der Waals surface area contributed by atoms with Crippen molar-refractivity contribution in [1.29, 1.82) is 0 Å². The van der Waals surface area contributed by atoms with E-state index < -0.39 is 10.0 Å². The van der Waals surface area contributed by atoms with Gasteiger partial charge < -0.3 is 0 Å². The lowest BCUT2D eigenvalue weighted by Gasteiger charge is -2.24. The summed E-state index contributed by atoms with van der Waals surface area (Å²) in [6, 6.07) is 2.92. The lowest BCUT2D eigenvalue weighted by atomic mass is 10.3. The molecule has 0 saturated heterocycles. The smallest absolute Gasteiger partial charge is 0.207 e. The lowest BCUT2D eigenvalue weighted by molar-refractivity contribution is 0.380. The van der Waals surface area contributed by atoms with E-state index in [1.807, 2.05) is 13.8 Å². The molecular weight excluding hydrogens is 361 g/mol. The molecule has 1 aromatic rings. The molecule has 1 aromatic carbocycles. The van der Waals surface area contributed by atoms with Crippen molar-refractivity contribution in [2.45, 2.75) is 31.2 Å². The van der Waals surface area contributed by atoms with E-state index in [1.54, 1.807) is 0 Å². The maximum Gasteiger partial charge on any atom is 0.246 e. The van der Waals surface area contributed by atoms with Gasteiger partial charge in [-0.15, -0.1) is 0 Å². The highest BCUT2D eigenvalue weighted by atomic mass is 79.9. The fourth-order valence-electron chi connectivity index (χ4n) is 1.41. The van der Waals surface area contributed by atoms with Crippen molar-refractivity contribution in [2.24, 2.45) is 0 Å². The van der Waals surface area contributed by atoms with Gasteiger partial charge in [-0.1, -0.05) is 46.1 Å². The van der Waals surface area contributed by atoms with Crippen molar-refractivity contribution >= 4 is 49.2 Å². The van der Waals surface area contributed by atoms with E-state index in [-0.39, 0.29) is 21.0 Å². The molecule has 0 aliphatic carbocycles. The van der Waals surface area contributed by atoms with Gasteiger partial charge in [0.05, 0.1) is 10.0 Å². The van der Waals surface area contributed by atoms with Gasteiger partial charge >= 0.3 is 0 Å². The molecule has 0 fully saturated rings. The number of halogens is 3. The molecule has 18 heavy (non-hydrogen) atoms. The van der Waals surface area contributed by atoms with E-state index in [0.717, 1.165) is 0 Å². The van der Waals surface area contributed by atoms with Crippen LogP contribution in [0.1, 0.15) is 20.3 Å². The highest BCUT2D eigenvalue weighted by Gasteiger charge is 2.29. The van der Waals surface area contributed by atoms with E-state index in [4.69, 9.17) is 23.2 Å². The second-order valence-corrected chi connectivity index (χ2v) is 7.64. The Morgan fingerprint density at radius 1 is 1.33 bits per heavy atom. The molecule has 7 heteroatoms. The Kier molecular flexibility index (Phi) is 5.50. The number of nitrogens with zero attached hydrogens (tertiary/aromatic N) is 1. The van der Waals surface area contributed by atoms with Crippen molar-refractivity contribution < 1.29 is 8.42 Å². The Balaban J connectivity index is 3.38. The number of hydrogen-bond acceptors (Lipinski definition) is 2. The van der Waals surface area contributed by atoms with Gasteiger partial charge in [0, 0.05) is 17.6 Å². The molecule has 0 aliphatic rings. The average Bonchev–Trinajstić information content (AvgIpc) is 2.24. The number of hydrogen-bond donors (Lipinski definition) is 0. The third-order valence-corrected chi connectivity index (χ3v) is 6.16. The van der Waals surface area contributed by atoms with Crippen LogP contribution in [0, 0.1) is 0 Å². The first kappa shape index (κ1) is 16.2. The minimum atomic E-state index is -3.68. The van der Waals surface area contributed by atoms with Crippen LogP contribution in [0.25, 0.3) is 0 Å². The summed E-state index contributed by atoms with van der Waals surface area (Å²) in [6.45, 7) is 3.75. The molecule has 3 nitrogen and oxygen atoms in total. The number of rotatable bonds is 4. The van der Waals surface area contributed by atoms with Gasteiger partial charge in [-0.05, 0) is 25.5 Å². The first-order chi connectivity index (χ1) is 8.21. The van der Waals surface area contributed by atoms with Crippen LogP contribution in [0.4, 0.5) is 0 Å². The third kappa shape index (κ3) is 3.20. The second kappa shape index (κ2) is 6.09. The van der Waals surface area contributed by atoms with Crippen LogP contribution in [-0.2, 0) is 10.0 Å². The Morgan fingerprint density at radius 2 is 1.78 bits per heavy atom. The van der Waals surface area contributed by atoms with Crippen molar-refractivity contribution in [1.82, 2.24) is 4.31 Å². The highest BCUT2D eigenvalue weighted by Crippen LogP contribution is 2.34. The summed E-state index contributed by atoms with van der Waals surface area (Å²) in [5.74, 6) is 0. The van der Waals surface area contributed by atoms with Crippen molar-refractivity contribution in [3.63, 3.8) is 0 Å². The zero-order valence-corrected chi connectivity index (χ0v) is 14.2. The molecule has 0 bridgehead atoms. The quantitative estimate of drug-likeness (QED) is 0.792. The molecule has 0 aliphatic heterocycles. The Morgan fingerprint density at radius 3 is 2.17 bits per heavy atom. The summed E-state index contributed by atoms with van der Waals surface area (Å²) in [6.07, 6.45) is 0.710. The topological polar surface area (TPSA) is 37.4 Å². The molecule has 0 heterocycles. The average molecular weight is 375 g/mol. The summed E-state index contributed by atoms with van der Waals surface area (Å²) in [5.41, 5.74) is 0. The van der Waals surface area contributed by atoms with E-state index in [2.05, 4.69) is 15.9 Å². The van der Waals surface area contributed by atoms with E-state index in [9.17, 15) is 8.42 Å². The molecular formula is C11H14BrCl2NO2S. The molecule has 0 spiro atoms. The molecule has 0 radical (unpaired) electrons. The molecule has 1 atom stereocenters. The van der Waals surface area contributed by atoms with Crippen LogP contribution in [-0.4, -0.2) is 25.8 Å². The molecule has 0 N–H and O–H groups in total. The molecule has 102 valence electrons. The molecule has 0 saturated carbocycles. The Bertz CT molecular complexity index is 525. The fraction of sp³-hybridized carbons (Fsp3) is 0.455. The van der Waals surface area contributed by atoms with Crippen LogP contribution < -0.4 is 0 Å². The standard InChI is InChI=1S/C11H14BrCl2NO2S/c1-4-7(2)15(3)18(16,17)11-9(13)5-8(12)6-10(11)14/h5-7H,4H2,1-3H3. The predicted octanol–water partition coefficient (Wildman–Crippen LogP) is 4.17. The summed E-state index contributed by atoms with van der Waals surface area (Å²) in [5, 5.41) is 0.231. The lowest BCUT2D eigenvalue weighted by Crippen LogP contribution is -2.34. The first-order valence-electron chi connectivity index (χ1n) is 5.34. The zero-order chi connectivity index (χ0) is 14.1. The Labute approximate surface area is 126 Å². The maximum absolute atomic E-state index is 12.4. The summed E-state index contributed by atoms with van der Waals surface area (Å²) in [7, 11) is -2.15. The minimum Gasteiger partial charge on any atom is -0.207 e. The normalized spacial score (nSPS) is 13.9. The van der Waals surface area contributed by atoms with Crippen LogP contribution in [0.2, 0.25) is 10.0 Å². The summed E-state index contributed by atoms with van der Waals surface area (Å²) >= 11 is 15.2. The van der Waals surface area contributed by atoms with Gasteiger partial charge in [0.25, 0.3) is 0 Å². The highest BCUT2D eigenvalue weighted by molar-refractivity contribution is 9.10. The molecule has 1 unspecified atom stereocenters. The first-order valence-corrected chi connectivity index (χ1v) is 8.33. The van der Waals surface area contributed by atoms with Crippen LogP contribution >= 0.6 is 39.1 Å². The summed E-state index contributed by atoms with van der Waals surface area (Å²) < 4.78 is 26.8. The van der Waals surface area contributed by atoms with Crippen LogP contribution in [0.5, 0.6) is 0 Å². The van der Waals surface area contributed by atoms with E-state index >= 15 is 0 Å². The number of sulfonamides is 1. The van der Waals surface area contributed by atoms with Gasteiger partial charge in [-0.3, -0.25) is 0 Å². The zero-order valence-electron chi connectivity index (χ0n) is 10.2. The van der Waals surface area contributed by atoms with E-state index in [1.165, 1.54) is 23.5 Å². The maximum atomic E-state index is 12.4. The molecule has 0 aromatic heterocycles. The Hall–Kier alpha value is 0.190. The van der Waals surface area contributed by atoms with Crippen molar-refractivity contribution in [3.05, 3.63) is 26.7 Å². The van der Waals surface area contributed by atoms with E-state index in [0.29, 0.717) is 10.9 Å².